The number of hydrogen-bond acceptors (Lipinski definition) is 3. The SMILES string of the molecule is NCC#Cc1cccc(N)c1N. The number of hydrogen-bond donors (Lipinski definition) is 3. The van der Waals surface area contributed by atoms with Crippen LogP contribution in [0.1, 0.15) is 5.56 Å². The number of nitrogens with two attached hydrogens (primary N) is 3. The molecule has 1 rings (SSSR count). The molecular formula is C9H11N3. The van der Waals surface area contributed by atoms with Crippen molar-refractivity contribution in [2.75, 3.05) is 18.0 Å². The maximum absolute atomic E-state index is 5.66. The van der Waals surface area contributed by atoms with E-state index in [9.17, 15) is 0 Å². The first-order valence-electron chi connectivity index (χ1n) is 3.58. The van der Waals surface area contributed by atoms with E-state index >= 15 is 0 Å². The largest absolute Gasteiger partial charge is 0.397 e. The van der Waals surface area contributed by atoms with Gasteiger partial charge in [0, 0.05) is 5.56 Å². The lowest BCUT2D eigenvalue weighted by Crippen LogP contribution is -1.98. The molecule has 62 valence electrons. The van der Waals surface area contributed by atoms with Gasteiger partial charge < -0.3 is 17.2 Å². The van der Waals surface area contributed by atoms with E-state index in [4.69, 9.17) is 17.2 Å². The third-order valence-corrected chi connectivity index (χ3v) is 1.46. The van der Waals surface area contributed by atoms with Crippen molar-refractivity contribution in [2.24, 2.45) is 5.73 Å². The summed E-state index contributed by atoms with van der Waals surface area (Å²) < 4.78 is 0. The van der Waals surface area contributed by atoms with Crippen molar-refractivity contribution in [2.45, 2.75) is 0 Å². The van der Waals surface area contributed by atoms with Crippen LogP contribution in [0.15, 0.2) is 18.2 Å². The third kappa shape index (κ3) is 1.68. The molecule has 3 nitrogen and oxygen atoms in total. The first kappa shape index (κ1) is 8.44. The Labute approximate surface area is 71.5 Å². The molecule has 0 fully saturated rings. The quantitative estimate of drug-likeness (QED) is 0.374. The van der Waals surface area contributed by atoms with E-state index in [2.05, 4.69) is 11.8 Å². The normalized spacial score (nSPS) is 8.75. The topological polar surface area (TPSA) is 78.1 Å². The van der Waals surface area contributed by atoms with Gasteiger partial charge in [0.2, 0.25) is 0 Å². The molecule has 0 radical (unpaired) electrons. The molecule has 1 aromatic carbocycles. The number of rotatable bonds is 0. The van der Waals surface area contributed by atoms with Crippen molar-refractivity contribution in [3.63, 3.8) is 0 Å². The Hall–Kier alpha value is -1.66. The van der Waals surface area contributed by atoms with E-state index in [1.165, 1.54) is 0 Å². The summed E-state index contributed by atoms with van der Waals surface area (Å²) in [6, 6.07) is 5.36. The summed E-state index contributed by atoms with van der Waals surface area (Å²) in [6.07, 6.45) is 0. The lowest BCUT2D eigenvalue weighted by Gasteiger charge is -2.00. The molecule has 0 unspecified atom stereocenters. The smallest absolute Gasteiger partial charge is 0.0706 e. The molecule has 0 amide bonds. The van der Waals surface area contributed by atoms with Crippen LogP contribution in [0.4, 0.5) is 11.4 Å². The summed E-state index contributed by atoms with van der Waals surface area (Å²) in [5.41, 5.74) is 18.3. The van der Waals surface area contributed by atoms with Crippen molar-refractivity contribution >= 4 is 11.4 Å². The first-order valence-corrected chi connectivity index (χ1v) is 3.58. The maximum atomic E-state index is 5.66. The molecule has 0 spiro atoms. The average Bonchev–Trinajstić information content (AvgIpc) is 2.08. The second-order valence-electron chi connectivity index (χ2n) is 2.31. The second-order valence-corrected chi connectivity index (χ2v) is 2.31. The van der Waals surface area contributed by atoms with Crippen LogP contribution in [-0.2, 0) is 0 Å². The fourth-order valence-corrected chi connectivity index (χ4v) is 0.838. The molecule has 0 aromatic heterocycles. The molecule has 1 aromatic rings. The van der Waals surface area contributed by atoms with E-state index in [-0.39, 0.29) is 0 Å². The van der Waals surface area contributed by atoms with Crippen molar-refractivity contribution < 1.29 is 0 Å². The molecule has 0 aliphatic rings. The van der Waals surface area contributed by atoms with Gasteiger partial charge in [-0.05, 0) is 12.1 Å². The third-order valence-electron chi connectivity index (χ3n) is 1.46. The van der Waals surface area contributed by atoms with Gasteiger partial charge in [-0.2, -0.15) is 0 Å². The molecule has 0 heterocycles. The Bertz CT molecular complexity index is 333. The van der Waals surface area contributed by atoms with Crippen molar-refractivity contribution in [3.8, 4) is 11.8 Å². The fraction of sp³-hybridized carbons (Fsp3) is 0.111. The number of para-hydroxylation sites is 1. The second kappa shape index (κ2) is 3.65. The zero-order valence-electron chi connectivity index (χ0n) is 6.67. The van der Waals surface area contributed by atoms with Crippen LogP contribution in [0.25, 0.3) is 0 Å². The minimum Gasteiger partial charge on any atom is -0.397 e. The molecule has 0 aliphatic heterocycles. The van der Waals surface area contributed by atoms with E-state index in [1.54, 1.807) is 6.07 Å². The summed E-state index contributed by atoms with van der Waals surface area (Å²) in [6.45, 7) is 0.328. The average molecular weight is 161 g/mol. The Kier molecular flexibility index (Phi) is 2.57. The van der Waals surface area contributed by atoms with Gasteiger partial charge in [0.25, 0.3) is 0 Å². The van der Waals surface area contributed by atoms with Crippen LogP contribution in [-0.4, -0.2) is 6.54 Å². The van der Waals surface area contributed by atoms with Gasteiger partial charge in [0.15, 0.2) is 0 Å². The number of benzene rings is 1. The van der Waals surface area contributed by atoms with Crippen LogP contribution in [0.2, 0.25) is 0 Å². The minimum atomic E-state index is 0.328. The lowest BCUT2D eigenvalue weighted by molar-refractivity contribution is 1.30. The summed E-state index contributed by atoms with van der Waals surface area (Å²) in [5, 5.41) is 0. The fourth-order valence-electron chi connectivity index (χ4n) is 0.838. The van der Waals surface area contributed by atoms with Gasteiger partial charge in [-0.3, -0.25) is 0 Å². The highest BCUT2D eigenvalue weighted by Gasteiger charge is 1.96. The summed E-state index contributed by atoms with van der Waals surface area (Å²) in [4.78, 5) is 0. The van der Waals surface area contributed by atoms with E-state index < -0.39 is 0 Å². The number of anilines is 2. The van der Waals surface area contributed by atoms with E-state index in [0.29, 0.717) is 17.9 Å². The van der Waals surface area contributed by atoms with Crippen LogP contribution in [0.3, 0.4) is 0 Å². The van der Waals surface area contributed by atoms with Crippen LogP contribution < -0.4 is 17.2 Å². The maximum Gasteiger partial charge on any atom is 0.0706 e. The standard InChI is InChI=1S/C9H11N3/c10-6-2-4-7-3-1-5-8(11)9(7)12/h1,3,5H,6,10-12H2. The molecule has 0 saturated carbocycles. The van der Waals surface area contributed by atoms with Crippen molar-refractivity contribution in [1.29, 1.82) is 0 Å². The highest BCUT2D eigenvalue weighted by molar-refractivity contribution is 5.71. The molecular weight excluding hydrogens is 150 g/mol. The summed E-state index contributed by atoms with van der Waals surface area (Å²) in [5.74, 6) is 5.55. The van der Waals surface area contributed by atoms with Gasteiger partial charge in [0.1, 0.15) is 0 Å². The minimum absolute atomic E-state index is 0.328. The molecule has 0 bridgehead atoms. The molecule has 6 N–H and O–H groups in total. The monoisotopic (exact) mass is 161 g/mol. The van der Waals surface area contributed by atoms with Crippen LogP contribution in [0, 0.1) is 11.8 Å². The van der Waals surface area contributed by atoms with Crippen molar-refractivity contribution in [1.82, 2.24) is 0 Å². The van der Waals surface area contributed by atoms with Gasteiger partial charge in [-0.15, -0.1) is 0 Å². The van der Waals surface area contributed by atoms with Gasteiger partial charge in [0.05, 0.1) is 17.9 Å². The van der Waals surface area contributed by atoms with E-state index in [1.807, 2.05) is 12.1 Å². The molecule has 0 saturated heterocycles. The lowest BCUT2D eigenvalue weighted by atomic mass is 10.1. The molecule has 3 heteroatoms. The number of nitrogen functional groups attached to an aromatic ring is 2. The predicted molar refractivity (Wildman–Crippen MR) is 51.2 cm³/mol. The Morgan fingerprint density at radius 2 is 2.00 bits per heavy atom. The zero-order valence-corrected chi connectivity index (χ0v) is 6.67. The Morgan fingerprint density at radius 1 is 1.25 bits per heavy atom. The zero-order chi connectivity index (χ0) is 8.97. The van der Waals surface area contributed by atoms with Crippen molar-refractivity contribution in [3.05, 3.63) is 23.8 Å². The van der Waals surface area contributed by atoms with Gasteiger partial charge in [-0.25, -0.2) is 0 Å². The highest BCUT2D eigenvalue weighted by atomic mass is 14.7. The summed E-state index contributed by atoms with van der Waals surface area (Å²) >= 11 is 0. The van der Waals surface area contributed by atoms with Crippen LogP contribution in [0.5, 0.6) is 0 Å². The molecule has 12 heavy (non-hydrogen) atoms. The van der Waals surface area contributed by atoms with E-state index in [0.717, 1.165) is 5.56 Å². The highest BCUT2D eigenvalue weighted by Crippen LogP contribution is 2.17. The Balaban J connectivity index is 3.08. The Morgan fingerprint density at radius 3 is 2.67 bits per heavy atom. The van der Waals surface area contributed by atoms with Gasteiger partial charge in [-0.1, -0.05) is 17.9 Å². The van der Waals surface area contributed by atoms with Gasteiger partial charge >= 0.3 is 0 Å². The summed E-state index contributed by atoms with van der Waals surface area (Å²) in [7, 11) is 0. The molecule has 0 aliphatic carbocycles. The molecule has 0 atom stereocenters. The predicted octanol–water partition coefficient (Wildman–Crippen LogP) is 0.161. The first-order chi connectivity index (χ1) is 5.75. The van der Waals surface area contributed by atoms with Crippen LogP contribution >= 0.6 is 0 Å².